The average Bonchev–Trinajstić information content (AvgIpc) is 2.99. The fourth-order valence-corrected chi connectivity index (χ4v) is 4.85. The van der Waals surface area contributed by atoms with Crippen LogP contribution in [0.2, 0.25) is 0 Å². The molecule has 1 unspecified atom stereocenters. The Hall–Kier alpha value is -4.82. The highest BCUT2D eigenvalue weighted by Gasteiger charge is 2.17. The van der Waals surface area contributed by atoms with E-state index in [2.05, 4.69) is 16.0 Å². The third kappa shape index (κ3) is 8.84. The number of aryl methyl sites for hydroxylation is 1. The molecule has 42 heavy (non-hydrogen) atoms. The van der Waals surface area contributed by atoms with Gasteiger partial charge in [0, 0.05) is 21.8 Å². The molecule has 214 valence electrons. The van der Waals surface area contributed by atoms with Gasteiger partial charge in [-0.1, -0.05) is 48.0 Å². The van der Waals surface area contributed by atoms with E-state index in [4.69, 9.17) is 4.74 Å². The minimum absolute atomic E-state index is 0.118. The van der Waals surface area contributed by atoms with Crippen LogP contribution < -0.4 is 20.7 Å². The molecule has 0 saturated heterocycles. The highest BCUT2D eigenvalue weighted by Crippen LogP contribution is 2.26. The SMILES string of the molecule is CCOc1ccc(NC(=O)C(C)Sc2ccc(NC(=O)/C(=C/c3cccc(C)c3)NC(=O)c3ccccc3)cc2)cc1. The Kier molecular flexibility index (Phi) is 10.6. The summed E-state index contributed by atoms with van der Waals surface area (Å²) >= 11 is 1.41. The van der Waals surface area contributed by atoms with Gasteiger partial charge in [-0.05, 0) is 93.1 Å². The number of carbonyl (C=O) groups excluding carboxylic acids is 3. The number of thioether (sulfide) groups is 1. The quantitative estimate of drug-likeness (QED) is 0.132. The zero-order chi connectivity index (χ0) is 29.9. The van der Waals surface area contributed by atoms with Crippen LogP contribution in [0.1, 0.15) is 35.3 Å². The Balaban J connectivity index is 1.40. The lowest BCUT2D eigenvalue weighted by atomic mass is 10.1. The number of anilines is 2. The number of nitrogens with one attached hydrogen (secondary N) is 3. The van der Waals surface area contributed by atoms with E-state index in [1.165, 1.54) is 11.8 Å². The summed E-state index contributed by atoms with van der Waals surface area (Å²) in [6, 6.07) is 30.9. The van der Waals surface area contributed by atoms with Crippen molar-refractivity contribution in [3.63, 3.8) is 0 Å². The maximum atomic E-state index is 13.3. The second-order valence-corrected chi connectivity index (χ2v) is 10.9. The van der Waals surface area contributed by atoms with Crippen molar-refractivity contribution in [2.45, 2.75) is 30.9 Å². The van der Waals surface area contributed by atoms with Crippen molar-refractivity contribution >= 4 is 46.9 Å². The molecule has 0 radical (unpaired) electrons. The van der Waals surface area contributed by atoms with Crippen LogP contribution >= 0.6 is 11.8 Å². The number of hydrogen-bond donors (Lipinski definition) is 3. The van der Waals surface area contributed by atoms with Crippen molar-refractivity contribution < 1.29 is 19.1 Å². The molecule has 4 rings (SSSR count). The van der Waals surface area contributed by atoms with Crippen LogP contribution in [0.5, 0.6) is 5.75 Å². The molecule has 0 aromatic heterocycles. The number of carbonyl (C=O) groups is 3. The van der Waals surface area contributed by atoms with Gasteiger partial charge in [-0.25, -0.2) is 0 Å². The molecule has 0 fully saturated rings. The fraction of sp³-hybridized carbons (Fsp3) is 0.147. The summed E-state index contributed by atoms with van der Waals surface area (Å²) in [5.41, 5.74) is 3.64. The monoisotopic (exact) mass is 579 g/mol. The van der Waals surface area contributed by atoms with E-state index in [0.29, 0.717) is 23.5 Å². The van der Waals surface area contributed by atoms with Gasteiger partial charge in [0.15, 0.2) is 0 Å². The predicted octanol–water partition coefficient (Wildman–Crippen LogP) is 6.92. The van der Waals surface area contributed by atoms with E-state index in [1.54, 1.807) is 42.5 Å². The summed E-state index contributed by atoms with van der Waals surface area (Å²) in [4.78, 5) is 39.7. The summed E-state index contributed by atoms with van der Waals surface area (Å²) in [6.07, 6.45) is 1.65. The third-order valence-corrected chi connectivity index (χ3v) is 7.22. The van der Waals surface area contributed by atoms with Crippen LogP contribution in [0.15, 0.2) is 114 Å². The zero-order valence-corrected chi connectivity index (χ0v) is 24.5. The van der Waals surface area contributed by atoms with Crippen molar-refractivity contribution in [2.24, 2.45) is 0 Å². The van der Waals surface area contributed by atoms with Gasteiger partial charge in [0.1, 0.15) is 11.4 Å². The van der Waals surface area contributed by atoms with Gasteiger partial charge in [-0.3, -0.25) is 14.4 Å². The molecule has 0 heterocycles. The van der Waals surface area contributed by atoms with E-state index in [-0.39, 0.29) is 22.8 Å². The molecular formula is C34H33N3O4S. The molecule has 1 atom stereocenters. The molecule has 0 aliphatic rings. The van der Waals surface area contributed by atoms with Crippen molar-refractivity contribution in [3.05, 3.63) is 126 Å². The first-order chi connectivity index (χ1) is 20.3. The number of ether oxygens (including phenoxy) is 1. The molecule has 3 amide bonds. The van der Waals surface area contributed by atoms with Crippen LogP contribution in [0.4, 0.5) is 11.4 Å². The second-order valence-electron chi connectivity index (χ2n) is 9.48. The number of amides is 3. The summed E-state index contributed by atoms with van der Waals surface area (Å²) in [5, 5.41) is 8.18. The maximum Gasteiger partial charge on any atom is 0.272 e. The highest BCUT2D eigenvalue weighted by atomic mass is 32.2. The topological polar surface area (TPSA) is 96.5 Å². The highest BCUT2D eigenvalue weighted by molar-refractivity contribution is 8.00. The summed E-state index contributed by atoms with van der Waals surface area (Å²) in [5.74, 6) is -0.207. The number of hydrogen-bond acceptors (Lipinski definition) is 5. The minimum Gasteiger partial charge on any atom is -0.494 e. The van der Waals surface area contributed by atoms with E-state index in [0.717, 1.165) is 21.8 Å². The van der Waals surface area contributed by atoms with Crippen molar-refractivity contribution in [1.29, 1.82) is 0 Å². The lowest BCUT2D eigenvalue weighted by molar-refractivity contribution is -0.115. The van der Waals surface area contributed by atoms with Crippen LogP contribution in [-0.2, 0) is 9.59 Å². The van der Waals surface area contributed by atoms with E-state index >= 15 is 0 Å². The fourth-order valence-electron chi connectivity index (χ4n) is 3.99. The molecule has 7 nitrogen and oxygen atoms in total. The molecular weight excluding hydrogens is 546 g/mol. The molecule has 0 bridgehead atoms. The van der Waals surface area contributed by atoms with Gasteiger partial charge in [-0.2, -0.15) is 0 Å². The Morgan fingerprint density at radius 1 is 0.833 bits per heavy atom. The number of rotatable bonds is 11. The third-order valence-electron chi connectivity index (χ3n) is 6.11. The Labute approximate surface area is 250 Å². The van der Waals surface area contributed by atoms with Crippen LogP contribution in [0, 0.1) is 6.92 Å². The van der Waals surface area contributed by atoms with Crippen LogP contribution in [0.3, 0.4) is 0 Å². The average molecular weight is 580 g/mol. The summed E-state index contributed by atoms with van der Waals surface area (Å²) < 4.78 is 5.44. The lowest BCUT2D eigenvalue weighted by Crippen LogP contribution is -2.30. The summed E-state index contributed by atoms with van der Waals surface area (Å²) in [6.45, 7) is 6.30. The predicted molar refractivity (Wildman–Crippen MR) is 170 cm³/mol. The van der Waals surface area contributed by atoms with E-state index in [1.807, 2.05) is 87.5 Å². The normalized spacial score (nSPS) is 11.7. The number of benzene rings is 4. The van der Waals surface area contributed by atoms with Gasteiger partial charge in [-0.15, -0.1) is 11.8 Å². The lowest BCUT2D eigenvalue weighted by Gasteiger charge is -2.14. The van der Waals surface area contributed by atoms with Gasteiger partial charge in [0.25, 0.3) is 11.8 Å². The Morgan fingerprint density at radius 2 is 1.50 bits per heavy atom. The van der Waals surface area contributed by atoms with Crippen molar-refractivity contribution in [1.82, 2.24) is 5.32 Å². The molecule has 3 N–H and O–H groups in total. The molecule has 4 aromatic carbocycles. The van der Waals surface area contributed by atoms with Gasteiger partial charge in [0.05, 0.1) is 11.9 Å². The van der Waals surface area contributed by atoms with Gasteiger partial charge >= 0.3 is 0 Å². The van der Waals surface area contributed by atoms with E-state index < -0.39 is 5.91 Å². The first kappa shape index (κ1) is 30.1. The Bertz CT molecular complexity index is 1550. The van der Waals surface area contributed by atoms with Crippen LogP contribution in [-0.4, -0.2) is 29.6 Å². The smallest absolute Gasteiger partial charge is 0.272 e. The largest absolute Gasteiger partial charge is 0.494 e. The molecule has 4 aromatic rings. The molecule has 0 aliphatic heterocycles. The molecule has 0 spiro atoms. The zero-order valence-electron chi connectivity index (χ0n) is 23.7. The molecule has 0 saturated carbocycles. The second kappa shape index (κ2) is 14.7. The molecule has 8 heteroatoms. The first-order valence-electron chi connectivity index (χ1n) is 13.6. The van der Waals surface area contributed by atoms with E-state index in [9.17, 15) is 14.4 Å². The minimum atomic E-state index is -0.454. The standard InChI is InChI=1S/C34H33N3O4S/c1-4-41-29-17-13-27(14-18-29)35-32(38)24(3)42-30-19-15-28(16-20-30)36-34(40)31(22-25-10-8-9-23(2)21-25)37-33(39)26-11-6-5-7-12-26/h5-22,24H,4H2,1-3H3,(H,35,38)(H,36,40)(H,37,39)/b31-22-. The van der Waals surface area contributed by atoms with Crippen molar-refractivity contribution in [2.75, 3.05) is 17.2 Å². The summed E-state index contributed by atoms with van der Waals surface area (Å²) in [7, 11) is 0. The Morgan fingerprint density at radius 3 is 2.17 bits per heavy atom. The first-order valence-corrected chi connectivity index (χ1v) is 14.4. The van der Waals surface area contributed by atoms with Crippen molar-refractivity contribution in [3.8, 4) is 5.75 Å². The molecule has 0 aliphatic carbocycles. The van der Waals surface area contributed by atoms with Crippen LogP contribution in [0.25, 0.3) is 6.08 Å². The van der Waals surface area contributed by atoms with Gasteiger partial charge in [0.2, 0.25) is 5.91 Å². The van der Waals surface area contributed by atoms with Gasteiger partial charge < -0.3 is 20.7 Å². The maximum absolute atomic E-state index is 13.3.